The van der Waals surface area contributed by atoms with Crippen molar-refractivity contribution in [1.82, 2.24) is 9.97 Å². The lowest BCUT2D eigenvalue weighted by atomic mass is 10.0. The normalized spacial score (nSPS) is 11.8. The predicted molar refractivity (Wildman–Crippen MR) is 96.8 cm³/mol. The first-order valence-corrected chi connectivity index (χ1v) is 7.97. The highest BCUT2D eigenvalue weighted by Crippen LogP contribution is 2.27. The summed E-state index contributed by atoms with van der Waals surface area (Å²) in [5.74, 6) is 0.527. The summed E-state index contributed by atoms with van der Waals surface area (Å²) in [6.07, 6.45) is 1.71. The summed E-state index contributed by atoms with van der Waals surface area (Å²) < 4.78 is 0. The Bertz CT molecular complexity index is 903. The molecule has 2 heterocycles. The molecule has 6 nitrogen and oxygen atoms in total. The van der Waals surface area contributed by atoms with Gasteiger partial charge < -0.3 is 5.32 Å². The summed E-state index contributed by atoms with van der Waals surface area (Å²) in [5, 5.41) is 14.9. The maximum absolute atomic E-state index is 11.0. The summed E-state index contributed by atoms with van der Waals surface area (Å²) in [6, 6.07) is 15.8. The Morgan fingerprint density at radius 3 is 2.64 bits per heavy atom. The second kappa shape index (κ2) is 7.27. The highest BCUT2D eigenvalue weighted by Gasteiger charge is 2.18. The third-order valence-corrected chi connectivity index (χ3v) is 3.95. The van der Waals surface area contributed by atoms with Crippen LogP contribution in [0.15, 0.2) is 60.8 Å². The van der Waals surface area contributed by atoms with Crippen molar-refractivity contribution in [3.05, 3.63) is 92.9 Å². The van der Waals surface area contributed by atoms with Crippen molar-refractivity contribution < 1.29 is 4.92 Å². The van der Waals surface area contributed by atoms with Gasteiger partial charge in [-0.3, -0.25) is 15.1 Å². The number of nitrogens with one attached hydrogen (secondary N) is 1. The summed E-state index contributed by atoms with van der Waals surface area (Å²) in [6.45, 7) is 1.61. The van der Waals surface area contributed by atoms with E-state index < -0.39 is 4.92 Å². The molecule has 0 saturated carbocycles. The Labute approximate surface area is 149 Å². The molecule has 1 atom stereocenters. The molecular weight excluding hydrogens is 340 g/mol. The quantitative estimate of drug-likeness (QED) is 0.537. The minimum atomic E-state index is -0.445. The lowest BCUT2D eigenvalue weighted by molar-refractivity contribution is -0.385. The molecule has 0 aliphatic carbocycles. The third-order valence-electron chi connectivity index (χ3n) is 3.71. The van der Waals surface area contributed by atoms with Crippen LogP contribution >= 0.6 is 11.6 Å². The van der Waals surface area contributed by atoms with Crippen LogP contribution in [0.1, 0.15) is 23.0 Å². The van der Waals surface area contributed by atoms with E-state index >= 15 is 0 Å². The number of hydrogen-bond acceptors (Lipinski definition) is 5. The Hall–Kier alpha value is -2.99. The topological polar surface area (TPSA) is 81.0 Å². The lowest BCUT2D eigenvalue weighted by Gasteiger charge is -2.20. The van der Waals surface area contributed by atoms with Gasteiger partial charge in [-0.15, -0.1) is 0 Å². The molecule has 1 aromatic carbocycles. The van der Waals surface area contributed by atoms with Crippen molar-refractivity contribution >= 4 is 23.1 Å². The van der Waals surface area contributed by atoms with Gasteiger partial charge in [-0.05, 0) is 42.8 Å². The molecule has 25 heavy (non-hydrogen) atoms. The lowest BCUT2D eigenvalue weighted by Crippen LogP contribution is -2.15. The number of pyridine rings is 2. The van der Waals surface area contributed by atoms with Gasteiger partial charge in [0, 0.05) is 17.3 Å². The van der Waals surface area contributed by atoms with E-state index in [9.17, 15) is 10.1 Å². The molecule has 1 N–H and O–H groups in total. The molecule has 0 fully saturated rings. The van der Waals surface area contributed by atoms with Gasteiger partial charge >= 0.3 is 0 Å². The van der Waals surface area contributed by atoms with Crippen LogP contribution in [0.25, 0.3) is 0 Å². The SMILES string of the molecule is Cc1nc(NC(c2cccc(Cl)c2)c2ccccn2)ccc1[N+](=O)[O-]. The van der Waals surface area contributed by atoms with Gasteiger partial charge in [-0.25, -0.2) is 4.98 Å². The first-order chi connectivity index (χ1) is 12.0. The van der Waals surface area contributed by atoms with E-state index in [4.69, 9.17) is 11.6 Å². The fourth-order valence-electron chi connectivity index (χ4n) is 2.54. The highest BCUT2D eigenvalue weighted by molar-refractivity contribution is 6.30. The predicted octanol–water partition coefficient (Wildman–Crippen LogP) is 4.55. The fraction of sp³-hybridized carbons (Fsp3) is 0.111. The average Bonchev–Trinajstić information content (AvgIpc) is 2.60. The number of benzene rings is 1. The summed E-state index contributed by atoms with van der Waals surface area (Å²) in [4.78, 5) is 19.2. The number of rotatable bonds is 5. The van der Waals surface area contributed by atoms with E-state index in [1.165, 1.54) is 6.07 Å². The molecule has 3 rings (SSSR count). The second-order valence-corrected chi connectivity index (χ2v) is 5.88. The molecule has 0 bridgehead atoms. The largest absolute Gasteiger partial charge is 0.358 e. The van der Waals surface area contributed by atoms with Crippen LogP contribution in [0.2, 0.25) is 5.02 Å². The minimum absolute atomic E-state index is 0.0114. The van der Waals surface area contributed by atoms with E-state index in [1.54, 1.807) is 25.3 Å². The number of hydrogen-bond donors (Lipinski definition) is 1. The summed E-state index contributed by atoms with van der Waals surface area (Å²) >= 11 is 6.12. The van der Waals surface area contributed by atoms with Gasteiger partial charge in [-0.2, -0.15) is 0 Å². The van der Waals surface area contributed by atoms with Crippen molar-refractivity contribution in [3.63, 3.8) is 0 Å². The smallest absolute Gasteiger partial charge is 0.290 e. The van der Waals surface area contributed by atoms with Gasteiger partial charge in [-0.1, -0.05) is 29.8 Å². The van der Waals surface area contributed by atoms with E-state index in [2.05, 4.69) is 15.3 Å². The van der Waals surface area contributed by atoms with Crippen molar-refractivity contribution in [2.45, 2.75) is 13.0 Å². The highest BCUT2D eigenvalue weighted by atomic mass is 35.5. The molecule has 3 aromatic rings. The molecule has 1 unspecified atom stereocenters. The maximum atomic E-state index is 11.0. The van der Waals surface area contributed by atoms with Crippen LogP contribution in [-0.2, 0) is 0 Å². The molecule has 7 heteroatoms. The van der Waals surface area contributed by atoms with Crippen LogP contribution < -0.4 is 5.32 Å². The van der Waals surface area contributed by atoms with Gasteiger partial charge in [0.05, 0.1) is 16.7 Å². The van der Waals surface area contributed by atoms with Crippen LogP contribution in [0.5, 0.6) is 0 Å². The summed E-state index contributed by atoms with van der Waals surface area (Å²) in [7, 11) is 0. The van der Waals surface area contributed by atoms with Gasteiger partial charge in [0.15, 0.2) is 0 Å². The average molecular weight is 355 g/mol. The Balaban J connectivity index is 1.98. The van der Waals surface area contributed by atoms with E-state index in [-0.39, 0.29) is 11.7 Å². The number of aryl methyl sites for hydroxylation is 1. The maximum Gasteiger partial charge on any atom is 0.290 e. The molecule has 0 aliphatic rings. The Morgan fingerprint density at radius 2 is 2.00 bits per heavy atom. The molecule has 2 aromatic heterocycles. The standard InChI is InChI=1S/C18H15ClN4O2/c1-12-16(23(24)25)8-9-17(21-12)22-18(15-7-2-3-10-20-15)13-5-4-6-14(19)11-13/h2-11,18H,1H3,(H,21,22). The van der Waals surface area contributed by atoms with Crippen molar-refractivity contribution in [1.29, 1.82) is 0 Å². The molecule has 0 radical (unpaired) electrons. The van der Waals surface area contributed by atoms with Gasteiger partial charge in [0.25, 0.3) is 5.69 Å². The summed E-state index contributed by atoms with van der Waals surface area (Å²) in [5.41, 5.74) is 2.05. The van der Waals surface area contributed by atoms with E-state index in [0.29, 0.717) is 16.5 Å². The van der Waals surface area contributed by atoms with E-state index in [1.807, 2.05) is 36.4 Å². The molecule has 126 valence electrons. The zero-order valence-electron chi connectivity index (χ0n) is 13.4. The van der Waals surface area contributed by atoms with Crippen molar-refractivity contribution in [2.24, 2.45) is 0 Å². The first kappa shape index (κ1) is 16.9. The molecule has 0 spiro atoms. The number of halogens is 1. The van der Waals surface area contributed by atoms with E-state index in [0.717, 1.165) is 11.3 Å². The van der Waals surface area contributed by atoms with Gasteiger partial charge in [0.1, 0.15) is 11.5 Å². The monoisotopic (exact) mass is 354 g/mol. The molecule has 0 saturated heterocycles. The van der Waals surface area contributed by atoms with Crippen molar-refractivity contribution in [3.8, 4) is 0 Å². The number of nitro groups is 1. The second-order valence-electron chi connectivity index (χ2n) is 5.45. The van der Waals surface area contributed by atoms with Crippen LogP contribution in [0, 0.1) is 17.0 Å². The number of aromatic nitrogens is 2. The van der Waals surface area contributed by atoms with Crippen LogP contribution in [0.4, 0.5) is 11.5 Å². The number of nitrogens with zero attached hydrogens (tertiary/aromatic N) is 3. The van der Waals surface area contributed by atoms with Crippen LogP contribution in [0.3, 0.4) is 0 Å². The zero-order chi connectivity index (χ0) is 17.8. The van der Waals surface area contributed by atoms with Crippen LogP contribution in [-0.4, -0.2) is 14.9 Å². The van der Waals surface area contributed by atoms with Gasteiger partial charge in [0.2, 0.25) is 0 Å². The Kier molecular flexibility index (Phi) is 4.90. The molecule has 0 amide bonds. The zero-order valence-corrected chi connectivity index (χ0v) is 14.1. The third kappa shape index (κ3) is 3.92. The molecular formula is C18H15ClN4O2. The first-order valence-electron chi connectivity index (χ1n) is 7.59. The number of anilines is 1. The Morgan fingerprint density at radius 1 is 1.16 bits per heavy atom. The minimum Gasteiger partial charge on any atom is -0.358 e. The van der Waals surface area contributed by atoms with Crippen molar-refractivity contribution in [2.75, 3.05) is 5.32 Å². The molecule has 0 aliphatic heterocycles. The fourth-order valence-corrected chi connectivity index (χ4v) is 2.73.